The smallest absolute Gasteiger partial charge is 0.316 e. The lowest BCUT2D eigenvalue weighted by molar-refractivity contribution is -0.142. The summed E-state index contributed by atoms with van der Waals surface area (Å²) in [5.74, 6) is 0.347. The first-order valence-electron chi connectivity index (χ1n) is 6.44. The molecule has 0 unspecified atom stereocenters. The van der Waals surface area contributed by atoms with Crippen LogP contribution in [0, 0.1) is 5.41 Å². The van der Waals surface area contributed by atoms with Crippen LogP contribution in [0.25, 0.3) is 11.1 Å². The first kappa shape index (κ1) is 14.8. The van der Waals surface area contributed by atoms with Crippen molar-refractivity contribution in [2.45, 2.75) is 20.8 Å². The molecule has 0 saturated carbocycles. The molecule has 2 aromatic carbocycles. The van der Waals surface area contributed by atoms with Crippen molar-refractivity contribution in [2.75, 3.05) is 0 Å². The SMILES string of the molecule is CC(C)(C)C(=O)Oc1ccc(-c2ccc(Br)cc2)cc1. The minimum atomic E-state index is -0.496. The fourth-order valence-electron chi connectivity index (χ4n) is 1.62. The number of ether oxygens (including phenoxy) is 1. The highest BCUT2D eigenvalue weighted by molar-refractivity contribution is 9.10. The maximum Gasteiger partial charge on any atom is 0.316 e. The number of rotatable bonds is 2. The van der Waals surface area contributed by atoms with Crippen molar-refractivity contribution in [3.05, 3.63) is 53.0 Å². The van der Waals surface area contributed by atoms with E-state index in [0.29, 0.717) is 5.75 Å². The molecule has 0 radical (unpaired) electrons. The van der Waals surface area contributed by atoms with Crippen molar-refractivity contribution in [2.24, 2.45) is 5.41 Å². The van der Waals surface area contributed by atoms with Gasteiger partial charge in [0.1, 0.15) is 5.75 Å². The Kier molecular flexibility index (Phi) is 4.29. The van der Waals surface area contributed by atoms with Gasteiger partial charge in [-0.1, -0.05) is 40.2 Å². The Balaban J connectivity index is 2.14. The van der Waals surface area contributed by atoms with Crippen LogP contribution in [0.5, 0.6) is 5.75 Å². The number of carbonyl (C=O) groups excluding carboxylic acids is 1. The van der Waals surface area contributed by atoms with Gasteiger partial charge in [-0.3, -0.25) is 4.79 Å². The molecule has 0 N–H and O–H groups in total. The Bertz CT molecular complexity index is 592. The molecular formula is C17H17BrO2. The summed E-state index contributed by atoms with van der Waals surface area (Å²) in [6.45, 7) is 5.52. The Labute approximate surface area is 127 Å². The van der Waals surface area contributed by atoms with Crippen LogP contribution in [0.4, 0.5) is 0 Å². The van der Waals surface area contributed by atoms with Crippen LogP contribution in [0.1, 0.15) is 20.8 Å². The number of hydrogen-bond acceptors (Lipinski definition) is 2. The quantitative estimate of drug-likeness (QED) is 0.567. The van der Waals surface area contributed by atoms with Crippen LogP contribution in [-0.4, -0.2) is 5.97 Å². The molecule has 0 atom stereocenters. The van der Waals surface area contributed by atoms with Crippen LogP contribution in [0.15, 0.2) is 53.0 Å². The number of halogens is 1. The average molecular weight is 333 g/mol. The molecular weight excluding hydrogens is 316 g/mol. The van der Waals surface area contributed by atoms with E-state index >= 15 is 0 Å². The molecule has 0 bridgehead atoms. The molecule has 0 aliphatic carbocycles. The highest BCUT2D eigenvalue weighted by Gasteiger charge is 2.23. The van der Waals surface area contributed by atoms with Gasteiger partial charge >= 0.3 is 5.97 Å². The molecule has 3 heteroatoms. The van der Waals surface area contributed by atoms with Crippen LogP contribution in [0.3, 0.4) is 0 Å². The fraction of sp³-hybridized carbons (Fsp3) is 0.235. The summed E-state index contributed by atoms with van der Waals surface area (Å²) < 4.78 is 6.40. The van der Waals surface area contributed by atoms with E-state index in [1.54, 1.807) is 0 Å². The van der Waals surface area contributed by atoms with Gasteiger partial charge < -0.3 is 4.74 Å². The summed E-state index contributed by atoms with van der Waals surface area (Å²) in [6, 6.07) is 15.6. The van der Waals surface area contributed by atoms with Crippen LogP contribution in [-0.2, 0) is 4.79 Å². The van der Waals surface area contributed by atoms with Crippen molar-refractivity contribution in [1.82, 2.24) is 0 Å². The normalized spacial score (nSPS) is 11.2. The zero-order chi connectivity index (χ0) is 14.8. The number of carbonyl (C=O) groups is 1. The van der Waals surface area contributed by atoms with E-state index in [9.17, 15) is 4.79 Å². The lowest BCUT2D eigenvalue weighted by Crippen LogP contribution is -2.25. The third-order valence-corrected chi connectivity index (χ3v) is 3.38. The lowest BCUT2D eigenvalue weighted by Gasteiger charge is -2.16. The molecule has 0 heterocycles. The van der Waals surface area contributed by atoms with Gasteiger partial charge in [-0.25, -0.2) is 0 Å². The first-order valence-corrected chi connectivity index (χ1v) is 7.24. The van der Waals surface area contributed by atoms with E-state index in [0.717, 1.165) is 15.6 Å². The lowest BCUT2D eigenvalue weighted by atomic mass is 9.97. The van der Waals surface area contributed by atoms with E-state index in [-0.39, 0.29) is 5.97 Å². The second-order valence-corrected chi connectivity index (χ2v) is 6.59. The minimum Gasteiger partial charge on any atom is -0.426 e. The topological polar surface area (TPSA) is 26.3 Å². The van der Waals surface area contributed by atoms with Gasteiger partial charge in [0.15, 0.2) is 0 Å². The van der Waals surface area contributed by atoms with E-state index < -0.39 is 5.41 Å². The number of benzene rings is 2. The van der Waals surface area contributed by atoms with Crippen LogP contribution in [0.2, 0.25) is 0 Å². The Morgan fingerprint density at radius 3 is 1.80 bits per heavy atom. The molecule has 0 saturated heterocycles. The number of hydrogen-bond donors (Lipinski definition) is 0. The zero-order valence-electron chi connectivity index (χ0n) is 11.8. The van der Waals surface area contributed by atoms with Gasteiger partial charge in [-0.05, 0) is 56.2 Å². The van der Waals surface area contributed by atoms with Crippen LogP contribution < -0.4 is 4.74 Å². The summed E-state index contributed by atoms with van der Waals surface area (Å²) in [6.07, 6.45) is 0. The molecule has 20 heavy (non-hydrogen) atoms. The van der Waals surface area contributed by atoms with Crippen molar-refractivity contribution >= 4 is 21.9 Å². The highest BCUT2D eigenvalue weighted by Crippen LogP contribution is 2.25. The molecule has 0 aliphatic rings. The van der Waals surface area contributed by atoms with Gasteiger partial charge in [0.2, 0.25) is 0 Å². The van der Waals surface area contributed by atoms with E-state index in [2.05, 4.69) is 15.9 Å². The molecule has 2 nitrogen and oxygen atoms in total. The van der Waals surface area contributed by atoms with Gasteiger partial charge in [0.25, 0.3) is 0 Å². The average Bonchev–Trinajstić information content (AvgIpc) is 2.39. The van der Waals surface area contributed by atoms with Crippen molar-refractivity contribution in [1.29, 1.82) is 0 Å². The minimum absolute atomic E-state index is 0.228. The maximum absolute atomic E-state index is 11.8. The third-order valence-electron chi connectivity index (χ3n) is 2.85. The number of esters is 1. The Morgan fingerprint density at radius 2 is 1.35 bits per heavy atom. The molecule has 2 rings (SSSR count). The fourth-order valence-corrected chi connectivity index (χ4v) is 1.88. The van der Waals surface area contributed by atoms with Crippen LogP contribution >= 0.6 is 15.9 Å². The molecule has 104 valence electrons. The molecule has 0 spiro atoms. The van der Waals surface area contributed by atoms with Crippen molar-refractivity contribution in [3.8, 4) is 16.9 Å². The van der Waals surface area contributed by atoms with E-state index in [1.807, 2.05) is 69.3 Å². The molecule has 2 aromatic rings. The summed E-state index contributed by atoms with van der Waals surface area (Å²) >= 11 is 3.42. The zero-order valence-corrected chi connectivity index (χ0v) is 13.4. The van der Waals surface area contributed by atoms with Gasteiger partial charge in [0, 0.05) is 4.47 Å². The summed E-state index contributed by atoms with van der Waals surface area (Å²) in [4.78, 5) is 11.8. The summed E-state index contributed by atoms with van der Waals surface area (Å²) in [5.41, 5.74) is 1.72. The molecule has 0 aromatic heterocycles. The first-order chi connectivity index (χ1) is 9.36. The second kappa shape index (κ2) is 5.80. The van der Waals surface area contributed by atoms with Gasteiger partial charge in [-0.2, -0.15) is 0 Å². The van der Waals surface area contributed by atoms with Crippen molar-refractivity contribution < 1.29 is 9.53 Å². The second-order valence-electron chi connectivity index (χ2n) is 5.67. The van der Waals surface area contributed by atoms with Gasteiger partial charge in [0.05, 0.1) is 5.41 Å². The van der Waals surface area contributed by atoms with E-state index in [4.69, 9.17) is 4.74 Å². The standard InChI is InChI=1S/C17H17BrO2/c1-17(2,3)16(19)20-15-10-6-13(7-11-15)12-4-8-14(18)9-5-12/h4-11H,1-3H3. The van der Waals surface area contributed by atoms with Crippen molar-refractivity contribution in [3.63, 3.8) is 0 Å². The van der Waals surface area contributed by atoms with Gasteiger partial charge in [-0.15, -0.1) is 0 Å². The molecule has 0 aliphatic heterocycles. The third kappa shape index (κ3) is 3.70. The highest BCUT2D eigenvalue weighted by atomic mass is 79.9. The largest absolute Gasteiger partial charge is 0.426 e. The summed E-state index contributed by atoms with van der Waals surface area (Å²) in [7, 11) is 0. The Hall–Kier alpha value is -1.61. The summed E-state index contributed by atoms with van der Waals surface area (Å²) in [5, 5.41) is 0. The molecule has 0 fully saturated rings. The predicted molar refractivity (Wildman–Crippen MR) is 84.7 cm³/mol. The predicted octanol–water partition coefficient (Wildman–Crippen LogP) is 5.07. The Morgan fingerprint density at radius 1 is 0.900 bits per heavy atom. The maximum atomic E-state index is 11.8. The van der Waals surface area contributed by atoms with E-state index in [1.165, 1.54) is 0 Å². The molecule has 0 amide bonds. The monoisotopic (exact) mass is 332 g/mol.